The summed E-state index contributed by atoms with van der Waals surface area (Å²) < 4.78 is 82.8. The second-order valence-corrected chi connectivity index (χ2v) is 27.0. The van der Waals surface area contributed by atoms with Crippen LogP contribution >= 0.6 is 16.8 Å². The van der Waals surface area contributed by atoms with Crippen LogP contribution in [0.1, 0.15) is 34.1 Å². The molecular formula is C51H88N2O37P2. The van der Waals surface area contributed by atoms with Gasteiger partial charge in [-0.05, 0) is 13.6 Å². The molecule has 7 aliphatic rings. The van der Waals surface area contributed by atoms with Crippen molar-refractivity contribution in [3.05, 3.63) is 0 Å². The van der Waals surface area contributed by atoms with E-state index >= 15 is 0 Å². The monoisotopic (exact) mass is 1380 g/mol. The second kappa shape index (κ2) is 33.2. The Hall–Kier alpha value is -2.05. The molecule has 41 heteroatoms. The van der Waals surface area contributed by atoms with Crippen molar-refractivity contribution in [2.75, 3.05) is 46.3 Å². The van der Waals surface area contributed by atoms with Crippen LogP contribution in [0.4, 0.5) is 0 Å². The van der Waals surface area contributed by atoms with Crippen molar-refractivity contribution >= 4 is 34.5 Å². The topological polar surface area (TPSA) is 609 Å². The number of carbonyl (C=O) groups is 3. The van der Waals surface area contributed by atoms with Crippen LogP contribution in [0.25, 0.3) is 0 Å². The maximum absolute atomic E-state index is 13.0. The molecule has 7 rings (SSSR count). The Morgan fingerprint density at radius 2 is 0.989 bits per heavy atom. The number of nitrogens with one attached hydrogen (secondary N) is 2. The van der Waals surface area contributed by atoms with Crippen molar-refractivity contribution in [2.45, 2.75) is 248 Å². The predicted molar refractivity (Wildman–Crippen MR) is 295 cm³/mol. The molecule has 7 saturated heterocycles. The van der Waals surface area contributed by atoms with Gasteiger partial charge >= 0.3 is 5.97 Å². The van der Waals surface area contributed by atoms with Crippen LogP contribution in [0.3, 0.4) is 0 Å². The van der Waals surface area contributed by atoms with Crippen molar-refractivity contribution in [3.8, 4) is 0 Å². The molecule has 2 amide bonds. The number of aliphatic hydroxyl groups excluding tert-OH is 19. The lowest BCUT2D eigenvalue weighted by molar-refractivity contribution is -0.379. The van der Waals surface area contributed by atoms with E-state index in [0.29, 0.717) is 0 Å². The molecule has 39 nitrogen and oxygen atoms in total. The Balaban J connectivity index is 1.09. The van der Waals surface area contributed by atoms with Crippen LogP contribution in [0.15, 0.2) is 0 Å². The standard InChI is InChI=1S/C51H88N2O37P2/c1-13-17(60)6-51(50(75)76,89-39(13)27(63)18(61)7-54)78-12-23-29(65)34(70)38(74)48(83-23)85-40-20(9-56)82-45(24(31(40)67)52-15(3)58)88-43-35(71)30(66)22(84-49(43)90-92(5)91)11-77-44-25(53-16(4)59)42(87-46-36(72)32(68)26(62)14(2)79-46)41(21(10-57)81-44)86-47-37(73)33(69)28(64)19(8-55)80-47/h13-14,17-49,54-57,60-74H,6-12,91H2,1-5H3,(H,52,58)(H,53,59)(H,75,76)/t13-,14?,17-,18-,19?,20?,21?,22?,23?,24?,25?,26-,27-,28+,29+,30-,31-,32?,33+,34+,35+,36?,37?,38?,39?,40-,41-,42-,43?,44-,45+,46+,47+,48+,49-,51-,92?/m1/s1. The van der Waals surface area contributed by atoms with Gasteiger partial charge in [0, 0.05) is 34.0 Å². The zero-order valence-electron chi connectivity index (χ0n) is 50.1. The molecular weight excluding hydrogens is 1290 g/mol. The highest BCUT2D eigenvalue weighted by Crippen LogP contribution is 2.46. The van der Waals surface area contributed by atoms with Gasteiger partial charge in [0.15, 0.2) is 37.7 Å². The molecule has 16 unspecified atom stereocenters. The molecule has 7 aliphatic heterocycles. The van der Waals surface area contributed by atoms with E-state index in [0.717, 1.165) is 13.8 Å². The van der Waals surface area contributed by atoms with Crippen LogP contribution in [0.2, 0.25) is 0 Å². The van der Waals surface area contributed by atoms with Gasteiger partial charge in [-0.1, -0.05) is 15.9 Å². The first kappa shape index (κ1) is 77.3. The summed E-state index contributed by atoms with van der Waals surface area (Å²) in [4.78, 5) is 38.5. The van der Waals surface area contributed by atoms with Crippen molar-refractivity contribution < 1.29 is 183 Å². The zero-order chi connectivity index (χ0) is 68.3. The number of ether oxygens (including phenoxy) is 13. The molecule has 0 aromatic carbocycles. The largest absolute Gasteiger partial charge is 0.477 e. The van der Waals surface area contributed by atoms with E-state index in [4.69, 9.17) is 66.1 Å². The Labute approximate surface area is 527 Å². The summed E-state index contributed by atoms with van der Waals surface area (Å²) in [7, 11) is 0.738. The number of carboxylic acids is 1. The van der Waals surface area contributed by atoms with Gasteiger partial charge in [-0.3, -0.25) is 9.59 Å². The van der Waals surface area contributed by atoms with E-state index in [2.05, 4.69) is 19.6 Å². The molecule has 0 aromatic heterocycles. The maximum Gasteiger partial charge on any atom is 0.364 e. The van der Waals surface area contributed by atoms with Crippen molar-refractivity contribution in [2.24, 2.45) is 5.92 Å². The summed E-state index contributed by atoms with van der Waals surface area (Å²) in [5.74, 6) is -7.43. The van der Waals surface area contributed by atoms with Gasteiger partial charge in [0.25, 0.3) is 5.79 Å². The first-order valence-corrected chi connectivity index (χ1v) is 32.6. The molecule has 0 aromatic rings. The lowest BCUT2D eigenvalue weighted by atomic mass is 9.84. The molecule has 0 bridgehead atoms. The molecule has 7 fully saturated rings. The zero-order valence-corrected chi connectivity index (χ0v) is 52.1. The summed E-state index contributed by atoms with van der Waals surface area (Å²) in [5.41, 5.74) is 0. The predicted octanol–water partition coefficient (Wildman–Crippen LogP) is -12.6. The lowest BCUT2D eigenvalue weighted by Crippen LogP contribution is -2.70. The van der Waals surface area contributed by atoms with Crippen molar-refractivity contribution in [3.63, 3.8) is 0 Å². The summed E-state index contributed by atoms with van der Waals surface area (Å²) >= 11 is 0. The number of hydrogen-bond acceptors (Lipinski definition) is 36. The van der Waals surface area contributed by atoms with Crippen molar-refractivity contribution in [1.29, 1.82) is 0 Å². The van der Waals surface area contributed by atoms with Gasteiger partial charge in [0.1, 0.15) is 152 Å². The fourth-order valence-corrected chi connectivity index (χ4v) is 12.5. The normalized spacial score (nSPS) is 48.0. The number of hydrogen-bond donors (Lipinski definition) is 22. The van der Waals surface area contributed by atoms with E-state index in [1.807, 2.05) is 0 Å². The maximum atomic E-state index is 13.0. The molecule has 0 aliphatic carbocycles. The molecule has 22 N–H and O–H groups in total. The fraction of sp³-hybridized carbons (Fsp3) is 0.941. The van der Waals surface area contributed by atoms with E-state index in [-0.39, 0.29) is 0 Å². The van der Waals surface area contributed by atoms with E-state index in [1.165, 1.54) is 13.8 Å². The first-order valence-electron chi connectivity index (χ1n) is 29.3. The third-order valence-corrected chi connectivity index (χ3v) is 17.8. The number of carbonyl (C=O) groups excluding carboxylic acids is 2. The molecule has 92 heavy (non-hydrogen) atoms. The van der Waals surface area contributed by atoms with Crippen LogP contribution in [-0.2, 0) is 80.5 Å². The van der Waals surface area contributed by atoms with Crippen LogP contribution in [0.5, 0.6) is 0 Å². The Morgan fingerprint density at radius 1 is 0.533 bits per heavy atom. The average Bonchev–Trinajstić information content (AvgIpc) is 0.796. The minimum atomic E-state index is -2.83. The Kier molecular flexibility index (Phi) is 27.9. The van der Waals surface area contributed by atoms with E-state index < -0.39 is 292 Å². The minimum absolute atomic E-state index is 0.803. The molecule has 38 atom stereocenters. The molecule has 534 valence electrons. The van der Waals surface area contributed by atoms with Crippen LogP contribution < -0.4 is 10.6 Å². The summed E-state index contributed by atoms with van der Waals surface area (Å²) in [6, 6.07) is -3.48. The molecule has 0 saturated carbocycles. The first-order chi connectivity index (χ1) is 43.2. The van der Waals surface area contributed by atoms with Gasteiger partial charge in [0.05, 0.1) is 58.0 Å². The van der Waals surface area contributed by atoms with Gasteiger partial charge in [-0.2, -0.15) is 0 Å². The van der Waals surface area contributed by atoms with Crippen LogP contribution in [-0.4, -0.2) is 381 Å². The fourth-order valence-electron chi connectivity index (χ4n) is 11.6. The smallest absolute Gasteiger partial charge is 0.364 e. The minimum Gasteiger partial charge on any atom is -0.477 e. The van der Waals surface area contributed by atoms with E-state index in [1.54, 1.807) is 6.66 Å². The lowest BCUT2D eigenvalue weighted by Gasteiger charge is -2.50. The SMILES string of the molecule is CC(=O)NC1[C@H](OC2[C@@H](OP(C)P)OC(CO[C@@H]3OC(CO)[C@@H](O[C@@H]4OC(CO)[C@H](O)[C@H](O)C4O)[C@H](O[C@@H]4OC(C)[C@@H](O)C(O)C4O)C3NC(C)=O)[C@@H](O)[C@@H]2O)OC(CO)[C@@H](O[C@@H]2OC(CO[C@]3(C(=O)O)C[C@@H](O)[C@@H](C)C([C@H](O)[C@H](O)CO)O3)[C@H](O)[C@H](O)C2O)[C@@H]1O. The molecule has 7 heterocycles. The number of amides is 2. The second-order valence-electron chi connectivity index (χ2n) is 23.5. The van der Waals surface area contributed by atoms with Gasteiger partial charge in [-0.15, -0.1) is 0 Å². The summed E-state index contributed by atoms with van der Waals surface area (Å²) in [5, 5.41) is 221. The Bertz CT molecular complexity index is 2350. The van der Waals surface area contributed by atoms with Gasteiger partial charge in [0.2, 0.25) is 11.8 Å². The highest BCUT2D eigenvalue weighted by Gasteiger charge is 2.60. The Morgan fingerprint density at radius 3 is 1.54 bits per heavy atom. The summed E-state index contributed by atoms with van der Waals surface area (Å²) in [6.45, 7) is 0.422. The number of rotatable bonds is 25. The molecule has 0 spiro atoms. The average molecular weight is 1380 g/mol. The highest BCUT2D eigenvalue weighted by molar-refractivity contribution is 8.10. The molecule has 0 radical (unpaired) electrons. The third kappa shape index (κ3) is 17.1. The van der Waals surface area contributed by atoms with Gasteiger partial charge < -0.3 is 179 Å². The van der Waals surface area contributed by atoms with Gasteiger partial charge in [-0.25, -0.2) is 4.79 Å². The number of aliphatic hydroxyl groups is 19. The number of carboxylic acid groups (broad SMARTS) is 1. The third-order valence-electron chi connectivity index (χ3n) is 16.9. The highest BCUT2D eigenvalue weighted by atomic mass is 32.0. The van der Waals surface area contributed by atoms with E-state index in [9.17, 15) is 117 Å². The van der Waals surface area contributed by atoms with Crippen molar-refractivity contribution in [1.82, 2.24) is 10.6 Å². The summed E-state index contributed by atoms with van der Waals surface area (Å²) in [6.07, 6.45) is -60.6. The number of aliphatic carboxylic acids is 1. The quantitative estimate of drug-likeness (QED) is 0.0377. The van der Waals surface area contributed by atoms with Crippen LogP contribution in [0, 0.1) is 5.92 Å².